The maximum atomic E-state index is 11.3. The van der Waals surface area contributed by atoms with E-state index >= 15 is 0 Å². The van der Waals surface area contributed by atoms with Gasteiger partial charge in [0.1, 0.15) is 0 Å². The van der Waals surface area contributed by atoms with Crippen LogP contribution in [0.2, 0.25) is 0 Å². The fourth-order valence-electron chi connectivity index (χ4n) is 1.29. The maximum absolute atomic E-state index is 11.3. The second-order valence-electron chi connectivity index (χ2n) is 3.61. The second kappa shape index (κ2) is 8.05. The van der Waals surface area contributed by atoms with Crippen LogP contribution in [0.4, 0.5) is 0 Å². The van der Waals surface area contributed by atoms with Crippen LogP contribution in [0, 0.1) is 0 Å². The van der Waals surface area contributed by atoms with E-state index in [0.717, 1.165) is 5.56 Å². The van der Waals surface area contributed by atoms with Gasteiger partial charge in [0.2, 0.25) is 0 Å². The van der Waals surface area contributed by atoms with Crippen LogP contribution in [-0.2, 0) is 23.8 Å². The first-order chi connectivity index (χ1) is 9.13. The van der Waals surface area contributed by atoms with E-state index in [2.05, 4.69) is 9.47 Å². The Labute approximate surface area is 111 Å². The summed E-state index contributed by atoms with van der Waals surface area (Å²) in [5.41, 5.74) is 1.01. The lowest BCUT2D eigenvalue weighted by molar-refractivity contribution is -0.195. The molecule has 0 aliphatic heterocycles. The van der Waals surface area contributed by atoms with E-state index in [1.165, 1.54) is 14.0 Å². The van der Waals surface area contributed by atoms with E-state index < -0.39 is 18.2 Å². The summed E-state index contributed by atoms with van der Waals surface area (Å²) in [6.45, 7) is 1.32. The van der Waals surface area contributed by atoms with Gasteiger partial charge in [-0.2, -0.15) is 0 Å². The third-order valence-corrected chi connectivity index (χ3v) is 2.12. The highest BCUT2D eigenvalue weighted by Crippen LogP contribution is 2.03. The van der Waals surface area contributed by atoms with E-state index in [-0.39, 0.29) is 6.61 Å². The Hall–Kier alpha value is -2.14. The molecule has 19 heavy (non-hydrogen) atoms. The summed E-state index contributed by atoms with van der Waals surface area (Å²) in [7, 11) is 1.20. The van der Waals surface area contributed by atoms with Crippen molar-refractivity contribution in [2.24, 2.45) is 0 Å². The number of methoxy groups -OCH3 is 1. The second-order valence-corrected chi connectivity index (χ2v) is 3.61. The van der Waals surface area contributed by atoms with Gasteiger partial charge in [0, 0.05) is 6.92 Å². The van der Waals surface area contributed by atoms with Crippen LogP contribution < -0.4 is 0 Å². The normalized spacial score (nSPS) is 12.1. The summed E-state index contributed by atoms with van der Waals surface area (Å²) in [6, 6.07) is 9.61. The predicted molar refractivity (Wildman–Crippen MR) is 69.0 cm³/mol. The van der Waals surface area contributed by atoms with Gasteiger partial charge in [-0.15, -0.1) is 0 Å². The first-order valence-electron chi connectivity index (χ1n) is 5.71. The SMILES string of the molecule is COC(=O)[C@H](OC/C=C/c1ccccc1)OC(C)=O. The number of rotatable bonds is 6. The lowest BCUT2D eigenvalue weighted by atomic mass is 10.2. The molecule has 0 saturated heterocycles. The zero-order valence-electron chi connectivity index (χ0n) is 10.9. The van der Waals surface area contributed by atoms with Crippen molar-refractivity contribution >= 4 is 18.0 Å². The molecule has 0 aromatic heterocycles. The minimum Gasteiger partial charge on any atom is -0.464 e. The van der Waals surface area contributed by atoms with Gasteiger partial charge in [0.15, 0.2) is 0 Å². The Bertz CT molecular complexity index is 438. The molecule has 102 valence electrons. The highest BCUT2D eigenvalue weighted by Gasteiger charge is 2.22. The average Bonchev–Trinajstić information content (AvgIpc) is 2.42. The summed E-state index contributed by atoms with van der Waals surface area (Å²) in [6.07, 6.45) is 2.22. The summed E-state index contributed by atoms with van der Waals surface area (Å²) < 4.78 is 14.3. The minimum atomic E-state index is -1.33. The number of hydrogen-bond acceptors (Lipinski definition) is 5. The highest BCUT2D eigenvalue weighted by molar-refractivity contribution is 5.77. The molecule has 5 heteroatoms. The summed E-state index contributed by atoms with van der Waals surface area (Å²) in [4.78, 5) is 22.1. The van der Waals surface area contributed by atoms with Gasteiger partial charge in [0.25, 0.3) is 0 Å². The number of hydrogen-bond donors (Lipinski definition) is 0. The molecule has 0 unspecified atom stereocenters. The Morgan fingerprint density at radius 3 is 2.53 bits per heavy atom. The van der Waals surface area contributed by atoms with Crippen LogP contribution in [0.1, 0.15) is 12.5 Å². The number of ether oxygens (including phenoxy) is 3. The molecule has 0 N–H and O–H groups in total. The number of benzene rings is 1. The van der Waals surface area contributed by atoms with Crippen LogP contribution in [0.25, 0.3) is 6.08 Å². The topological polar surface area (TPSA) is 61.8 Å². The molecule has 1 aromatic rings. The Morgan fingerprint density at radius 1 is 1.26 bits per heavy atom. The molecule has 5 nitrogen and oxygen atoms in total. The van der Waals surface area contributed by atoms with Crippen LogP contribution in [0.5, 0.6) is 0 Å². The van der Waals surface area contributed by atoms with E-state index in [9.17, 15) is 9.59 Å². The van der Waals surface area contributed by atoms with Gasteiger partial charge in [-0.05, 0) is 5.56 Å². The van der Waals surface area contributed by atoms with E-state index in [1.807, 2.05) is 36.4 Å². The van der Waals surface area contributed by atoms with Gasteiger partial charge in [-0.25, -0.2) is 4.79 Å². The van der Waals surface area contributed by atoms with Gasteiger partial charge in [0.05, 0.1) is 13.7 Å². The number of carbonyl (C=O) groups excluding carboxylic acids is 2. The molecule has 0 fully saturated rings. The summed E-state index contributed by atoms with van der Waals surface area (Å²) >= 11 is 0. The molecule has 0 aliphatic carbocycles. The van der Waals surface area contributed by atoms with Gasteiger partial charge >= 0.3 is 18.2 Å². The molecule has 0 spiro atoms. The standard InChI is InChI=1S/C14H16O5/c1-11(15)19-14(13(16)17-2)18-10-6-9-12-7-4-3-5-8-12/h3-9,14H,10H2,1-2H3/b9-6+/t14-/m1/s1. The molecule has 0 bridgehead atoms. The Balaban J connectivity index is 2.46. The first kappa shape index (κ1) is 14.9. The number of esters is 2. The number of carbonyl (C=O) groups is 2. The maximum Gasteiger partial charge on any atom is 0.376 e. The predicted octanol–water partition coefficient (Wildman–Crippen LogP) is 1.78. The van der Waals surface area contributed by atoms with E-state index in [4.69, 9.17) is 4.74 Å². The monoisotopic (exact) mass is 264 g/mol. The zero-order chi connectivity index (χ0) is 14.1. The van der Waals surface area contributed by atoms with Crippen LogP contribution in [0.3, 0.4) is 0 Å². The molecular weight excluding hydrogens is 248 g/mol. The minimum absolute atomic E-state index is 0.127. The summed E-state index contributed by atoms with van der Waals surface area (Å²) in [5.74, 6) is -1.36. The van der Waals surface area contributed by atoms with Crippen molar-refractivity contribution in [3.05, 3.63) is 42.0 Å². The molecule has 0 saturated carbocycles. The zero-order valence-corrected chi connectivity index (χ0v) is 10.9. The van der Waals surface area contributed by atoms with Gasteiger partial charge < -0.3 is 14.2 Å². The van der Waals surface area contributed by atoms with Crippen molar-refractivity contribution in [1.82, 2.24) is 0 Å². The first-order valence-corrected chi connectivity index (χ1v) is 5.71. The van der Waals surface area contributed by atoms with E-state index in [0.29, 0.717) is 0 Å². The fourth-order valence-corrected chi connectivity index (χ4v) is 1.29. The Morgan fingerprint density at radius 2 is 1.95 bits per heavy atom. The van der Waals surface area contributed by atoms with Crippen molar-refractivity contribution in [2.45, 2.75) is 13.2 Å². The van der Waals surface area contributed by atoms with Crippen molar-refractivity contribution < 1.29 is 23.8 Å². The highest BCUT2D eigenvalue weighted by atomic mass is 16.7. The lowest BCUT2D eigenvalue weighted by Gasteiger charge is -2.13. The molecular formula is C14H16O5. The molecule has 0 radical (unpaired) electrons. The molecule has 1 rings (SSSR count). The Kier molecular flexibility index (Phi) is 6.32. The average molecular weight is 264 g/mol. The van der Waals surface area contributed by atoms with Crippen molar-refractivity contribution in [2.75, 3.05) is 13.7 Å². The molecule has 1 aromatic carbocycles. The van der Waals surface area contributed by atoms with Crippen LogP contribution >= 0.6 is 0 Å². The summed E-state index contributed by atoms with van der Waals surface area (Å²) in [5, 5.41) is 0. The largest absolute Gasteiger partial charge is 0.464 e. The molecule has 0 amide bonds. The molecule has 0 heterocycles. The lowest BCUT2D eigenvalue weighted by Crippen LogP contribution is -2.30. The smallest absolute Gasteiger partial charge is 0.376 e. The van der Waals surface area contributed by atoms with Gasteiger partial charge in [-0.1, -0.05) is 42.5 Å². The van der Waals surface area contributed by atoms with Crippen molar-refractivity contribution in [3.8, 4) is 0 Å². The van der Waals surface area contributed by atoms with Crippen LogP contribution in [-0.4, -0.2) is 31.9 Å². The third-order valence-electron chi connectivity index (χ3n) is 2.12. The third kappa shape index (κ3) is 5.83. The van der Waals surface area contributed by atoms with Crippen molar-refractivity contribution in [3.63, 3.8) is 0 Å². The molecule has 0 aliphatic rings. The van der Waals surface area contributed by atoms with Crippen molar-refractivity contribution in [1.29, 1.82) is 0 Å². The fraction of sp³-hybridized carbons (Fsp3) is 0.286. The van der Waals surface area contributed by atoms with Gasteiger partial charge in [-0.3, -0.25) is 4.79 Å². The van der Waals surface area contributed by atoms with Crippen LogP contribution in [0.15, 0.2) is 36.4 Å². The van der Waals surface area contributed by atoms with E-state index in [1.54, 1.807) is 6.08 Å². The quantitative estimate of drug-likeness (QED) is 0.579. The molecule has 1 atom stereocenters.